The predicted molar refractivity (Wildman–Crippen MR) is 58.8 cm³/mol. The van der Waals surface area contributed by atoms with Crippen molar-refractivity contribution < 1.29 is 4.52 Å². The zero-order chi connectivity index (χ0) is 10.1. The van der Waals surface area contributed by atoms with Gasteiger partial charge in [-0.25, -0.2) is 0 Å². The van der Waals surface area contributed by atoms with E-state index in [1.54, 1.807) is 0 Å². The van der Waals surface area contributed by atoms with Crippen LogP contribution in [-0.2, 0) is 0 Å². The first kappa shape index (κ1) is 9.27. The number of aromatic nitrogens is 1. The smallest absolute Gasteiger partial charge is 0.189 e. The molecular weight excluding hydrogens is 244 g/mol. The van der Waals surface area contributed by atoms with Crippen LogP contribution in [0.5, 0.6) is 0 Å². The maximum atomic E-state index is 5.80. The van der Waals surface area contributed by atoms with E-state index in [-0.39, 0.29) is 0 Å². The maximum absolute atomic E-state index is 5.80. The molecule has 14 heavy (non-hydrogen) atoms. The standard InChI is InChI=1S/C10H9BrN2O/c1-6-9(12)10(14-13-6)7-2-4-8(11)5-3-7/h2-5H,12H2,1H3. The highest BCUT2D eigenvalue weighted by molar-refractivity contribution is 9.10. The second kappa shape index (κ2) is 3.46. The number of nitrogen functional groups attached to an aromatic ring is 1. The van der Waals surface area contributed by atoms with Gasteiger partial charge in [-0.15, -0.1) is 0 Å². The molecule has 72 valence electrons. The van der Waals surface area contributed by atoms with Crippen molar-refractivity contribution in [1.82, 2.24) is 5.16 Å². The van der Waals surface area contributed by atoms with Crippen molar-refractivity contribution in [2.24, 2.45) is 0 Å². The third kappa shape index (κ3) is 1.53. The first-order valence-electron chi connectivity index (χ1n) is 4.16. The van der Waals surface area contributed by atoms with Gasteiger partial charge in [0.05, 0.1) is 0 Å². The molecule has 1 heterocycles. The molecular formula is C10H9BrN2O. The van der Waals surface area contributed by atoms with Crippen molar-refractivity contribution in [2.45, 2.75) is 6.92 Å². The van der Waals surface area contributed by atoms with Crippen LogP contribution >= 0.6 is 15.9 Å². The Hall–Kier alpha value is -1.29. The number of anilines is 1. The molecule has 0 aliphatic heterocycles. The summed E-state index contributed by atoms with van der Waals surface area (Å²) in [4.78, 5) is 0. The second-order valence-electron chi connectivity index (χ2n) is 3.02. The molecule has 0 saturated carbocycles. The van der Waals surface area contributed by atoms with Gasteiger partial charge in [-0.05, 0) is 31.2 Å². The van der Waals surface area contributed by atoms with Gasteiger partial charge in [0.25, 0.3) is 0 Å². The Morgan fingerprint density at radius 1 is 1.29 bits per heavy atom. The molecule has 0 radical (unpaired) electrons. The highest BCUT2D eigenvalue weighted by atomic mass is 79.9. The van der Waals surface area contributed by atoms with Crippen LogP contribution < -0.4 is 5.73 Å². The fraction of sp³-hybridized carbons (Fsp3) is 0.100. The number of aryl methyl sites for hydroxylation is 1. The Bertz CT molecular complexity index is 448. The van der Waals surface area contributed by atoms with Crippen molar-refractivity contribution >= 4 is 21.6 Å². The molecule has 0 fully saturated rings. The van der Waals surface area contributed by atoms with E-state index in [0.29, 0.717) is 11.4 Å². The predicted octanol–water partition coefficient (Wildman–Crippen LogP) is 2.99. The quantitative estimate of drug-likeness (QED) is 0.849. The fourth-order valence-corrected chi connectivity index (χ4v) is 1.45. The van der Waals surface area contributed by atoms with Crippen LogP contribution in [0, 0.1) is 6.92 Å². The van der Waals surface area contributed by atoms with Crippen molar-refractivity contribution in [2.75, 3.05) is 5.73 Å². The zero-order valence-electron chi connectivity index (χ0n) is 7.62. The summed E-state index contributed by atoms with van der Waals surface area (Å²) < 4.78 is 6.15. The van der Waals surface area contributed by atoms with Gasteiger partial charge in [-0.2, -0.15) is 0 Å². The Morgan fingerprint density at radius 2 is 1.93 bits per heavy atom. The molecule has 0 unspecified atom stereocenters. The molecule has 2 N–H and O–H groups in total. The van der Waals surface area contributed by atoms with Crippen molar-refractivity contribution in [3.8, 4) is 11.3 Å². The summed E-state index contributed by atoms with van der Waals surface area (Å²) in [7, 11) is 0. The SMILES string of the molecule is Cc1noc(-c2ccc(Br)cc2)c1N. The number of hydrogen-bond donors (Lipinski definition) is 1. The molecule has 0 spiro atoms. The van der Waals surface area contributed by atoms with Crippen LogP contribution in [0.2, 0.25) is 0 Å². The van der Waals surface area contributed by atoms with Crippen LogP contribution in [0.3, 0.4) is 0 Å². The van der Waals surface area contributed by atoms with Gasteiger partial charge in [0.1, 0.15) is 11.4 Å². The minimum absolute atomic E-state index is 0.604. The van der Waals surface area contributed by atoms with Gasteiger partial charge in [0.15, 0.2) is 5.76 Å². The normalized spacial score (nSPS) is 10.4. The number of nitrogens with zero attached hydrogens (tertiary/aromatic N) is 1. The van der Waals surface area contributed by atoms with E-state index in [2.05, 4.69) is 21.1 Å². The van der Waals surface area contributed by atoms with Crippen LogP contribution in [0.1, 0.15) is 5.69 Å². The topological polar surface area (TPSA) is 52.0 Å². The lowest BCUT2D eigenvalue weighted by molar-refractivity contribution is 0.427. The average molecular weight is 253 g/mol. The van der Waals surface area contributed by atoms with Crippen LogP contribution in [0.15, 0.2) is 33.3 Å². The van der Waals surface area contributed by atoms with E-state index >= 15 is 0 Å². The number of rotatable bonds is 1. The molecule has 4 heteroatoms. The molecule has 0 saturated heterocycles. The Kier molecular flexibility index (Phi) is 2.29. The van der Waals surface area contributed by atoms with Crippen LogP contribution in [0.4, 0.5) is 5.69 Å². The summed E-state index contributed by atoms with van der Waals surface area (Å²) in [6.45, 7) is 1.82. The first-order valence-corrected chi connectivity index (χ1v) is 4.95. The summed E-state index contributed by atoms with van der Waals surface area (Å²) >= 11 is 3.36. The fourth-order valence-electron chi connectivity index (χ4n) is 1.19. The van der Waals surface area contributed by atoms with E-state index in [0.717, 1.165) is 15.7 Å². The molecule has 1 aromatic carbocycles. The van der Waals surface area contributed by atoms with Gasteiger partial charge in [0, 0.05) is 10.0 Å². The van der Waals surface area contributed by atoms with Crippen LogP contribution in [0.25, 0.3) is 11.3 Å². The van der Waals surface area contributed by atoms with E-state index in [9.17, 15) is 0 Å². The van der Waals surface area contributed by atoms with Crippen molar-refractivity contribution in [3.05, 3.63) is 34.4 Å². The molecule has 1 aromatic heterocycles. The van der Waals surface area contributed by atoms with Gasteiger partial charge < -0.3 is 10.3 Å². The highest BCUT2D eigenvalue weighted by Crippen LogP contribution is 2.28. The summed E-state index contributed by atoms with van der Waals surface area (Å²) in [5.41, 5.74) is 8.07. The van der Waals surface area contributed by atoms with Gasteiger partial charge >= 0.3 is 0 Å². The Labute approximate surface area is 90.0 Å². The summed E-state index contributed by atoms with van der Waals surface area (Å²) in [5, 5.41) is 3.80. The Morgan fingerprint density at radius 3 is 2.43 bits per heavy atom. The van der Waals surface area contributed by atoms with Crippen molar-refractivity contribution in [3.63, 3.8) is 0 Å². The van der Waals surface area contributed by atoms with Crippen LogP contribution in [-0.4, -0.2) is 5.16 Å². The monoisotopic (exact) mass is 252 g/mol. The molecule has 3 nitrogen and oxygen atoms in total. The van der Waals surface area contributed by atoms with E-state index in [4.69, 9.17) is 10.3 Å². The third-order valence-corrected chi connectivity index (χ3v) is 2.54. The summed E-state index contributed by atoms with van der Waals surface area (Å²) in [6.07, 6.45) is 0. The molecule has 2 rings (SSSR count). The lowest BCUT2D eigenvalue weighted by Crippen LogP contribution is -1.87. The zero-order valence-corrected chi connectivity index (χ0v) is 9.21. The van der Waals surface area contributed by atoms with E-state index in [1.165, 1.54) is 0 Å². The van der Waals surface area contributed by atoms with Crippen molar-refractivity contribution in [1.29, 1.82) is 0 Å². The first-order chi connectivity index (χ1) is 6.68. The molecule has 0 aliphatic carbocycles. The largest absolute Gasteiger partial charge is 0.394 e. The van der Waals surface area contributed by atoms with E-state index < -0.39 is 0 Å². The third-order valence-electron chi connectivity index (χ3n) is 2.01. The van der Waals surface area contributed by atoms with Gasteiger partial charge in [0.2, 0.25) is 0 Å². The average Bonchev–Trinajstić information content (AvgIpc) is 2.50. The number of nitrogens with two attached hydrogens (primary N) is 1. The minimum atomic E-state index is 0.604. The second-order valence-corrected chi connectivity index (χ2v) is 3.93. The molecule has 0 aliphatic rings. The lowest BCUT2D eigenvalue weighted by Gasteiger charge is -1.97. The molecule has 0 amide bonds. The van der Waals surface area contributed by atoms with E-state index in [1.807, 2.05) is 31.2 Å². The van der Waals surface area contributed by atoms with Gasteiger partial charge in [-0.3, -0.25) is 0 Å². The summed E-state index contributed by atoms with van der Waals surface area (Å²) in [6, 6.07) is 7.74. The number of benzene rings is 1. The number of halogens is 1. The highest BCUT2D eigenvalue weighted by Gasteiger charge is 2.10. The molecule has 0 atom stereocenters. The molecule has 2 aromatic rings. The number of hydrogen-bond acceptors (Lipinski definition) is 3. The van der Waals surface area contributed by atoms with Gasteiger partial charge in [-0.1, -0.05) is 21.1 Å². The molecule has 0 bridgehead atoms. The minimum Gasteiger partial charge on any atom is -0.394 e. The maximum Gasteiger partial charge on any atom is 0.189 e. The summed E-state index contributed by atoms with van der Waals surface area (Å²) in [5.74, 6) is 0.634. The lowest BCUT2D eigenvalue weighted by atomic mass is 10.1. The Balaban J connectivity index is 2.49.